The average molecular weight is 450 g/mol. The molecule has 7 heteroatoms. The molecule has 0 atom stereocenters. The van der Waals surface area contributed by atoms with Crippen molar-refractivity contribution in [3.63, 3.8) is 0 Å². The van der Waals surface area contributed by atoms with Gasteiger partial charge < -0.3 is 20.1 Å². The average Bonchev–Trinajstić information content (AvgIpc) is 3.36. The highest BCUT2D eigenvalue weighted by molar-refractivity contribution is 7.14. The molecule has 0 amide bonds. The first-order chi connectivity index (χ1) is 15.7. The Hall–Kier alpha value is -3.06. The molecule has 3 heterocycles. The number of aromatic nitrogens is 1. The van der Waals surface area contributed by atoms with E-state index in [1.807, 2.05) is 23.6 Å². The van der Waals surface area contributed by atoms with Crippen LogP contribution in [0.5, 0.6) is 0 Å². The topological polar surface area (TPSA) is 61.7 Å². The van der Waals surface area contributed by atoms with E-state index in [0.717, 1.165) is 49.6 Å². The van der Waals surface area contributed by atoms with Crippen LogP contribution in [0, 0.1) is 0 Å². The summed E-state index contributed by atoms with van der Waals surface area (Å²) >= 11 is 1.81. The Labute approximate surface area is 193 Å². The van der Waals surface area contributed by atoms with Gasteiger partial charge in [0.25, 0.3) is 5.56 Å². The highest BCUT2D eigenvalue weighted by atomic mass is 32.1. The van der Waals surface area contributed by atoms with Gasteiger partial charge in [0, 0.05) is 37.9 Å². The molecule has 1 fully saturated rings. The standard InChI is InChI=1S/C25H31N5OS/c1-2-26-25(28-22-12-15-29(16-13-22)24-7-5-17-32-24)27-18-20-8-10-21(11-9-20)19-30-14-4-3-6-23(30)31/h3-11,14,17,22H,2,12-13,15-16,18-19H2,1H3,(H2,26,27,28). The van der Waals surface area contributed by atoms with Crippen molar-refractivity contribution in [2.75, 3.05) is 24.5 Å². The number of nitrogens with one attached hydrogen (secondary N) is 2. The lowest BCUT2D eigenvalue weighted by Gasteiger charge is -2.33. The van der Waals surface area contributed by atoms with Crippen LogP contribution in [-0.2, 0) is 13.1 Å². The molecule has 168 valence electrons. The van der Waals surface area contributed by atoms with Gasteiger partial charge in [0.1, 0.15) is 0 Å². The number of hydrogen-bond acceptors (Lipinski definition) is 4. The molecule has 32 heavy (non-hydrogen) atoms. The summed E-state index contributed by atoms with van der Waals surface area (Å²) in [6.07, 6.45) is 4.03. The number of pyridine rings is 1. The van der Waals surface area contributed by atoms with Gasteiger partial charge in [0.05, 0.1) is 18.1 Å². The molecule has 2 N–H and O–H groups in total. The second-order valence-electron chi connectivity index (χ2n) is 8.04. The van der Waals surface area contributed by atoms with Gasteiger partial charge in [-0.25, -0.2) is 4.99 Å². The van der Waals surface area contributed by atoms with Crippen LogP contribution in [-0.4, -0.2) is 36.2 Å². The van der Waals surface area contributed by atoms with Gasteiger partial charge >= 0.3 is 0 Å². The van der Waals surface area contributed by atoms with Crippen LogP contribution in [0.3, 0.4) is 0 Å². The summed E-state index contributed by atoms with van der Waals surface area (Å²) < 4.78 is 1.71. The zero-order valence-electron chi connectivity index (χ0n) is 18.5. The van der Waals surface area contributed by atoms with Gasteiger partial charge in [-0.05, 0) is 54.5 Å². The fraction of sp³-hybridized carbons (Fsp3) is 0.360. The van der Waals surface area contributed by atoms with E-state index in [9.17, 15) is 4.79 Å². The van der Waals surface area contributed by atoms with Crippen molar-refractivity contribution in [1.82, 2.24) is 15.2 Å². The summed E-state index contributed by atoms with van der Waals surface area (Å²) in [7, 11) is 0. The maximum Gasteiger partial charge on any atom is 0.250 e. The fourth-order valence-corrected chi connectivity index (χ4v) is 4.70. The Morgan fingerprint density at radius 1 is 1.06 bits per heavy atom. The van der Waals surface area contributed by atoms with Gasteiger partial charge in [0.2, 0.25) is 0 Å². The van der Waals surface area contributed by atoms with E-state index in [1.165, 1.54) is 5.00 Å². The van der Waals surface area contributed by atoms with Crippen LogP contribution in [0.15, 0.2) is 76.0 Å². The van der Waals surface area contributed by atoms with E-state index in [-0.39, 0.29) is 5.56 Å². The summed E-state index contributed by atoms with van der Waals surface area (Å²) in [6, 6.07) is 18.3. The first-order valence-electron chi connectivity index (χ1n) is 11.3. The summed E-state index contributed by atoms with van der Waals surface area (Å²) in [5.41, 5.74) is 2.27. The molecule has 2 aromatic heterocycles. The Bertz CT molecular complexity index is 1050. The van der Waals surface area contributed by atoms with Crippen molar-refractivity contribution in [3.8, 4) is 0 Å². The van der Waals surface area contributed by atoms with Gasteiger partial charge in [-0.1, -0.05) is 30.3 Å². The van der Waals surface area contributed by atoms with Crippen LogP contribution in [0.1, 0.15) is 30.9 Å². The predicted octanol–water partition coefficient (Wildman–Crippen LogP) is 3.68. The molecule has 0 saturated carbocycles. The minimum Gasteiger partial charge on any atom is -0.363 e. The smallest absolute Gasteiger partial charge is 0.250 e. The van der Waals surface area contributed by atoms with E-state index in [4.69, 9.17) is 4.99 Å². The molecule has 0 bridgehead atoms. The molecule has 0 aliphatic carbocycles. The second kappa shape index (κ2) is 11.0. The number of hydrogen-bond donors (Lipinski definition) is 2. The third kappa shape index (κ3) is 6.01. The quantitative estimate of drug-likeness (QED) is 0.427. The minimum atomic E-state index is 0.0174. The Kier molecular flexibility index (Phi) is 7.61. The van der Waals surface area contributed by atoms with Gasteiger partial charge in [-0.3, -0.25) is 4.79 Å². The lowest BCUT2D eigenvalue weighted by Crippen LogP contribution is -2.48. The summed E-state index contributed by atoms with van der Waals surface area (Å²) in [5.74, 6) is 0.877. The summed E-state index contributed by atoms with van der Waals surface area (Å²) in [4.78, 5) is 19.2. The Morgan fingerprint density at radius 2 is 1.84 bits per heavy atom. The molecule has 0 radical (unpaired) electrons. The molecule has 3 aromatic rings. The zero-order chi connectivity index (χ0) is 22.2. The summed E-state index contributed by atoms with van der Waals surface area (Å²) in [5, 5.41) is 10.5. The largest absolute Gasteiger partial charge is 0.363 e. The van der Waals surface area contributed by atoms with E-state index in [0.29, 0.717) is 19.1 Å². The first-order valence-corrected chi connectivity index (χ1v) is 12.2. The van der Waals surface area contributed by atoms with Crippen LogP contribution in [0.4, 0.5) is 5.00 Å². The number of aliphatic imine (C=N–C) groups is 1. The molecule has 0 unspecified atom stereocenters. The van der Waals surface area contributed by atoms with Crippen molar-refractivity contribution in [3.05, 3.63) is 87.7 Å². The van der Waals surface area contributed by atoms with Crippen LogP contribution >= 0.6 is 11.3 Å². The monoisotopic (exact) mass is 449 g/mol. The maximum absolute atomic E-state index is 11.9. The fourth-order valence-electron chi connectivity index (χ4n) is 3.92. The van der Waals surface area contributed by atoms with Crippen LogP contribution in [0.2, 0.25) is 0 Å². The number of nitrogens with zero attached hydrogens (tertiary/aromatic N) is 3. The molecular weight excluding hydrogens is 418 g/mol. The highest BCUT2D eigenvalue weighted by Crippen LogP contribution is 2.24. The van der Waals surface area contributed by atoms with Crippen molar-refractivity contribution in [2.24, 2.45) is 4.99 Å². The molecule has 1 aromatic carbocycles. The SMILES string of the molecule is CCNC(=NCc1ccc(Cn2ccccc2=O)cc1)NC1CCN(c2cccs2)CC1. The van der Waals surface area contributed by atoms with Gasteiger partial charge in [-0.15, -0.1) is 11.3 Å². The Morgan fingerprint density at radius 3 is 2.53 bits per heavy atom. The van der Waals surface area contributed by atoms with Crippen molar-refractivity contribution in [1.29, 1.82) is 0 Å². The first kappa shape index (κ1) is 22.1. The molecular formula is C25H31N5OS. The predicted molar refractivity (Wildman–Crippen MR) is 134 cm³/mol. The van der Waals surface area contributed by atoms with E-state index in [2.05, 4.69) is 64.2 Å². The number of rotatable bonds is 7. The maximum atomic E-state index is 11.9. The van der Waals surface area contributed by atoms with Crippen molar-refractivity contribution < 1.29 is 0 Å². The zero-order valence-corrected chi connectivity index (χ0v) is 19.4. The van der Waals surface area contributed by atoms with Gasteiger partial charge in [-0.2, -0.15) is 0 Å². The second-order valence-corrected chi connectivity index (χ2v) is 8.96. The van der Waals surface area contributed by atoms with Gasteiger partial charge in [0.15, 0.2) is 5.96 Å². The van der Waals surface area contributed by atoms with E-state index < -0.39 is 0 Å². The molecule has 1 aliphatic heterocycles. The molecule has 1 saturated heterocycles. The number of thiophene rings is 1. The van der Waals surface area contributed by atoms with Crippen molar-refractivity contribution >= 4 is 22.3 Å². The minimum absolute atomic E-state index is 0.0174. The van der Waals surface area contributed by atoms with Crippen LogP contribution in [0.25, 0.3) is 0 Å². The lowest BCUT2D eigenvalue weighted by molar-refractivity contribution is 0.463. The Balaban J connectivity index is 1.31. The number of piperidine rings is 1. The number of anilines is 1. The van der Waals surface area contributed by atoms with E-state index in [1.54, 1.807) is 16.7 Å². The highest BCUT2D eigenvalue weighted by Gasteiger charge is 2.20. The number of benzene rings is 1. The lowest BCUT2D eigenvalue weighted by atomic mass is 10.1. The molecule has 6 nitrogen and oxygen atoms in total. The molecule has 1 aliphatic rings. The molecule has 0 spiro atoms. The number of guanidine groups is 1. The normalized spacial score (nSPS) is 15.0. The third-order valence-corrected chi connectivity index (χ3v) is 6.62. The summed E-state index contributed by atoms with van der Waals surface area (Å²) in [6.45, 7) is 6.28. The van der Waals surface area contributed by atoms with E-state index >= 15 is 0 Å². The van der Waals surface area contributed by atoms with Crippen LogP contribution < -0.4 is 21.1 Å². The van der Waals surface area contributed by atoms with Crippen molar-refractivity contribution in [2.45, 2.75) is 38.9 Å². The molecule has 4 rings (SSSR count). The third-order valence-electron chi connectivity index (χ3n) is 5.69.